The number of nitrogens with zero attached hydrogens (tertiary/aromatic N) is 4. The third-order valence-corrected chi connectivity index (χ3v) is 21.6. The lowest BCUT2D eigenvalue weighted by Crippen LogP contribution is -2.60. The molecular weight excluding hydrogens is 1660 g/mol. The van der Waals surface area contributed by atoms with E-state index >= 15 is 0 Å². The Labute approximate surface area is 731 Å². The van der Waals surface area contributed by atoms with Crippen molar-refractivity contribution in [3.8, 4) is 11.5 Å². The predicted octanol–water partition coefficient (Wildman–Crippen LogP) is -5.65. The fraction of sp³-hybridized carbons (Fsp3) is 0.573. The van der Waals surface area contributed by atoms with E-state index in [2.05, 4.69) is 73.8 Å². The molecule has 1 aromatic heterocycles. The minimum Gasteiger partial charge on any atom is -0.508 e. The van der Waals surface area contributed by atoms with Gasteiger partial charge in [-0.05, 0) is 131 Å². The molecule has 3 aromatic rings. The molecule has 0 saturated carbocycles. The normalized spacial score (nSPS) is 17.9. The lowest BCUT2D eigenvalue weighted by molar-refractivity contribution is -0.151. The summed E-state index contributed by atoms with van der Waals surface area (Å²) in [5, 5.41) is 68.6. The number of carboxylic acid groups (broad SMARTS) is 2. The smallest absolute Gasteiger partial charge is 0.326 e. The Morgan fingerprint density at radius 3 is 1.39 bits per heavy atom. The van der Waals surface area contributed by atoms with Gasteiger partial charge in [0.1, 0.15) is 96.1 Å². The lowest BCUT2D eigenvalue weighted by atomic mass is 9.97. The lowest BCUT2D eigenvalue weighted by Gasteiger charge is -2.35. The van der Waals surface area contributed by atoms with Crippen molar-refractivity contribution < 1.29 is 116 Å². The van der Waals surface area contributed by atoms with Gasteiger partial charge in [-0.25, -0.2) is 9.78 Å². The average Bonchev–Trinajstić information content (AvgIpc) is 1.64. The number of nitrogens with two attached hydrogens (primary N) is 4. The second-order valence-corrected chi connectivity index (χ2v) is 32.8. The number of hydrogen-bond donors (Lipinski definition) is 21. The van der Waals surface area contributed by atoms with Crippen LogP contribution in [0.25, 0.3) is 0 Å². The Kier molecular flexibility index (Phi) is 39.3. The molecule has 3 aliphatic rings. The predicted molar refractivity (Wildman–Crippen MR) is 448 cm³/mol. The van der Waals surface area contributed by atoms with E-state index in [9.17, 15) is 116 Å². The van der Waals surface area contributed by atoms with Gasteiger partial charge in [-0.1, -0.05) is 72.2 Å². The first kappa shape index (κ1) is 102. The number of phenols is 2. The number of H-pyrrole nitrogens is 1. The number of amides is 18. The molecule has 2 aromatic carbocycles. The highest BCUT2D eigenvalue weighted by molar-refractivity contribution is 6.02. The summed E-state index contributed by atoms with van der Waals surface area (Å²) in [6.07, 6.45) is -0.271. The van der Waals surface area contributed by atoms with Crippen LogP contribution in [-0.4, -0.2) is 280 Å². The number of carbonyl (C=O) groups is 20. The summed E-state index contributed by atoms with van der Waals surface area (Å²) in [4.78, 5) is 283. The number of hydrogen-bond acceptors (Lipinski definition) is 24. The van der Waals surface area contributed by atoms with Crippen molar-refractivity contribution in [1.82, 2.24) is 88.5 Å². The molecule has 0 spiro atoms. The third-order valence-electron chi connectivity index (χ3n) is 21.6. The molecule has 45 heteroatoms. The highest BCUT2D eigenvalue weighted by Crippen LogP contribution is 2.30. The van der Waals surface area contributed by atoms with E-state index in [1.807, 2.05) is 0 Å². The van der Waals surface area contributed by atoms with E-state index in [-0.39, 0.29) is 100 Å². The first-order valence-corrected chi connectivity index (χ1v) is 42.0. The van der Waals surface area contributed by atoms with E-state index in [4.69, 9.17) is 22.9 Å². The van der Waals surface area contributed by atoms with Gasteiger partial charge in [-0.2, -0.15) is 0 Å². The number of rotatable bonds is 49. The summed E-state index contributed by atoms with van der Waals surface area (Å²) in [5.74, 6) is -21.5. The fourth-order valence-electron chi connectivity index (χ4n) is 14.7. The number of primary amides is 3. The van der Waals surface area contributed by atoms with Gasteiger partial charge in [0.15, 0.2) is 0 Å². The number of imidazole rings is 1. The molecule has 4 heterocycles. The number of likely N-dealkylation sites (tertiary alicyclic amines) is 3. The third kappa shape index (κ3) is 32.0. The number of carboxylic acids is 2. The summed E-state index contributed by atoms with van der Waals surface area (Å²) >= 11 is 0. The standard InChI is InChI=1S/C82H119N21O24/c1-9-42(6)67(82(126)127)100-77(121)53(30-41(4)5)96-72(116)51(24-25-62(84)106)92-75(119)56(34-63(85)107)93-68(112)43(7)90-65(109)38-88-71(115)55(33-47-37-87-39-89-47)97-76(120)57(36-66(110)111)94-69(113)44(8)91-73(117)54(32-46-18-22-49(105)23-19-46)98-78(122)59-13-10-26-101(59)80(124)61-15-12-28-103(61)81(125)60-14-11-27-102(60)79(123)58(35-64(86)108)99-74(118)52(29-40(2)3)95-70(114)50(83)31-45-16-20-48(104)21-17-45/h16-23,37,39-44,50-61,67,104-105H,9-15,24-36,38,83H2,1-8H3,(H2,84,106)(H2,85,107)(H2,86,108)(H,87,89)(H,88,115)(H,90,109)(H,91,117)(H,92,119)(H,93,112)(H,94,113)(H,95,114)(H,96,116)(H,97,120)(H,98,122)(H,99,118)(H,100,121)(H,110,111)(H,126,127)/t42-,43-,44-,50-,51-,52-,53-,54-,55-,56-,57-,58-,59-,60-,61-,67-/m0/s1. The van der Waals surface area contributed by atoms with E-state index in [1.165, 1.54) is 63.6 Å². The van der Waals surface area contributed by atoms with Gasteiger partial charge in [0, 0.05) is 50.8 Å². The molecule has 3 fully saturated rings. The molecule has 696 valence electrons. The van der Waals surface area contributed by atoms with Gasteiger partial charge < -0.3 is 127 Å². The molecule has 0 radical (unpaired) electrons. The number of aromatic amines is 1. The number of aliphatic carboxylic acids is 2. The van der Waals surface area contributed by atoms with Gasteiger partial charge >= 0.3 is 11.9 Å². The van der Waals surface area contributed by atoms with Crippen LogP contribution in [0.1, 0.15) is 162 Å². The van der Waals surface area contributed by atoms with Crippen molar-refractivity contribution in [2.45, 2.75) is 255 Å². The van der Waals surface area contributed by atoms with Crippen LogP contribution in [0, 0.1) is 17.8 Å². The SMILES string of the molecule is CC[C@H](C)[C@H](NC(=O)[C@H](CC(C)C)NC(=O)[C@H](CCC(N)=O)NC(=O)[C@H](CC(N)=O)NC(=O)[C@H](C)NC(=O)CNC(=O)[C@H](Cc1cnc[nH]1)NC(=O)[C@H](CC(=O)O)NC(=O)[C@H](C)NC(=O)[C@H](Cc1ccc(O)cc1)NC(=O)[C@@H]1CCCN1C(=O)[C@@H]1CCCN1C(=O)[C@@H]1CCCN1C(=O)[C@H](CC(N)=O)NC(=O)[C@H](CC(C)C)NC(=O)[C@@H](N)Cc1ccc(O)cc1)C(=O)O. The molecule has 0 aliphatic carbocycles. The molecule has 18 amide bonds. The van der Waals surface area contributed by atoms with Gasteiger partial charge in [0.2, 0.25) is 106 Å². The number of benzene rings is 2. The number of phenolic OH excluding ortho intramolecular Hbond substituents is 2. The molecule has 127 heavy (non-hydrogen) atoms. The van der Waals surface area contributed by atoms with Crippen LogP contribution in [0.2, 0.25) is 0 Å². The van der Waals surface area contributed by atoms with Gasteiger partial charge in [0.05, 0.1) is 38.2 Å². The van der Waals surface area contributed by atoms with Crippen molar-refractivity contribution in [2.24, 2.45) is 40.7 Å². The Bertz CT molecular complexity index is 4460. The number of aromatic nitrogens is 2. The Balaban J connectivity index is 1.09. The summed E-state index contributed by atoms with van der Waals surface area (Å²) < 4.78 is 0. The van der Waals surface area contributed by atoms with Crippen LogP contribution in [-0.2, 0) is 115 Å². The first-order valence-electron chi connectivity index (χ1n) is 42.0. The summed E-state index contributed by atoms with van der Waals surface area (Å²) in [6.45, 7) is 11.7. The zero-order valence-corrected chi connectivity index (χ0v) is 72.1. The monoisotopic (exact) mass is 1780 g/mol. The summed E-state index contributed by atoms with van der Waals surface area (Å²) in [6, 6.07) is -10.8. The number of carbonyl (C=O) groups excluding carboxylic acids is 18. The van der Waals surface area contributed by atoms with Crippen molar-refractivity contribution >= 4 is 118 Å². The zero-order chi connectivity index (χ0) is 94.4. The minimum atomic E-state index is -2.01. The average molecular weight is 1780 g/mol. The molecule has 0 unspecified atom stereocenters. The largest absolute Gasteiger partial charge is 0.508 e. The Hall–Kier alpha value is -13.4. The molecular formula is C82H119N21O24. The van der Waals surface area contributed by atoms with Crippen molar-refractivity contribution in [1.29, 1.82) is 0 Å². The van der Waals surface area contributed by atoms with Crippen LogP contribution >= 0.6 is 0 Å². The quantitative estimate of drug-likeness (QED) is 0.0251. The topological polar surface area (TPSA) is 709 Å². The summed E-state index contributed by atoms with van der Waals surface area (Å²) in [7, 11) is 0. The highest BCUT2D eigenvalue weighted by atomic mass is 16.4. The molecule has 6 rings (SSSR count). The van der Waals surface area contributed by atoms with E-state index in [1.54, 1.807) is 53.7 Å². The van der Waals surface area contributed by atoms with Gasteiger partial charge in [0.25, 0.3) is 0 Å². The number of nitrogens with one attached hydrogen (secondary N) is 13. The van der Waals surface area contributed by atoms with Crippen LogP contribution in [0.4, 0.5) is 0 Å². The molecule has 3 aliphatic heterocycles. The van der Waals surface area contributed by atoms with E-state index < -0.39 is 260 Å². The minimum absolute atomic E-state index is 0.000437. The van der Waals surface area contributed by atoms with Gasteiger partial charge in [-0.15, -0.1) is 0 Å². The summed E-state index contributed by atoms with van der Waals surface area (Å²) in [5.41, 5.74) is 23.8. The van der Waals surface area contributed by atoms with Gasteiger partial charge in [-0.3, -0.25) is 91.1 Å². The molecule has 3 saturated heterocycles. The zero-order valence-electron chi connectivity index (χ0n) is 72.1. The molecule has 45 nitrogen and oxygen atoms in total. The van der Waals surface area contributed by atoms with Crippen LogP contribution < -0.4 is 86.7 Å². The highest BCUT2D eigenvalue weighted by Gasteiger charge is 2.48. The first-order chi connectivity index (χ1) is 59.8. The van der Waals surface area contributed by atoms with Crippen LogP contribution in [0.5, 0.6) is 11.5 Å². The van der Waals surface area contributed by atoms with E-state index in [0.29, 0.717) is 30.4 Å². The fourth-order valence-corrected chi connectivity index (χ4v) is 14.7. The Morgan fingerprint density at radius 2 is 0.882 bits per heavy atom. The maximum atomic E-state index is 14.9. The van der Waals surface area contributed by atoms with Crippen molar-refractivity contribution in [3.05, 3.63) is 77.9 Å². The maximum absolute atomic E-state index is 14.9. The Morgan fingerprint density at radius 1 is 0.457 bits per heavy atom. The van der Waals surface area contributed by atoms with Crippen LogP contribution in [0.15, 0.2) is 61.1 Å². The second-order valence-electron chi connectivity index (χ2n) is 32.8. The van der Waals surface area contributed by atoms with Crippen molar-refractivity contribution in [2.75, 3.05) is 26.2 Å². The van der Waals surface area contributed by atoms with Crippen molar-refractivity contribution in [3.63, 3.8) is 0 Å². The van der Waals surface area contributed by atoms with E-state index in [0.717, 1.165) is 13.8 Å². The molecule has 25 N–H and O–H groups in total. The molecule has 16 atom stereocenters. The molecule has 0 bridgehead atoms. The van der Waals surface area contributed by atoms with Crippen LogP contribution in [0.3, 0.4) is 0 Å². The second kappa shape index (κ2) is 48.8. The number of aromatic hydroxyl groups is 2. The maximum Gasteiger partial charge on any atom is 0.326 e.